The van der Waals surface area contributed by atoms with Gasteiger partial charge >= 0.3 is 5.97 Å². The molecule has 0 spiro atoms. The number of ether oxygens (including phenoxy) is 1. The van der Waals surface area contributed by atoms with Crippen LogP contribution in [0.15, 0.2) is 24.5 Å². The number of carbonyl (C=O) groups excluding carboxylic acids is 1. The van der Waals surface area contributed by atoms with E-state index in [-0.39, 0.29) is 12.0 Å². The Morgan fingerprint density at radius 2 is 2.24 bits per heavy atom. The molecule has 92 valence electrons. The van der Waals surface area contributed by atoms with E-state index in [0.29, 0.717) is 6.42 Å². The number of carbonyl (C=O) groups is 1. The number of esters is 1. The van der Waals surface area contributed by atoms with Crippen LogP contribution in [0.5, 0.6) is 0 Å². The second kappa shape index (κ2) is 4.43. The van der Waals surface area contributed by atoms with Crippen molar-refractivity contribution in [2.75, 3.05) is 14.2 Å². The number of aromatic nitrogens is 1. The van der Waals surface area contributed by atoms with E-state index in [9.17, 15) is 4.79 Å². The smallest absolute Gasteiger partial charge is 0.340 e. The van der Waals surface area contributed by atoms with Gasteiger partial charge in [0, 0.05) is 25.9 Å². The van der Waals surface area contributed by atoms with Gasteiger partial charge in [0.05, 0.1) is 13.2 Å². The topological polar surface area (TPSA) is 51.7 Å². The lowest BCUT2D eigenvalue weighted by atomic mass is 9.94. The van der Waals surface area contributed by atoms with Crippen molar-refractivity contribution >= 4 is 5.97 Å². The highest BCUT2D eigenvalue weighted by molar-refractivity contribution is 5.79. The molecular formula is C12H16N2O3. The van der Waals surface area contributed by atoms with Crippen LogP contribution in [-0.4, -0.2) is 35.8 Å². The Hall–Kier alpha value is -1.46. The van der Waals surface area contributed by atoms with Gasteiger partial charge in [0.25, 0.3) is 0 Å². The van der Waals surface area contributed by atoms with Crippen LogP contribution < -0.4 is 0 Å². The summed E-state index contributed by atoms with van der Waals surface area (Å²) in [6.45, 7) is 1.75. The molecule has 2 heterocycles. The van der Waals surface area contributed by atoms with Gasteiger partial charge in [0.2, 0.25) is 0 Å². The van der Waals surface area contributed by atoms with Crippen molar-refractivity contribution in [3.05, 3.63) is 30.1 Å². The molecule has 1 aliphatic rings. The summed E-state index contributed by atoms with van der Waals surface area (Å²) in [7, 11) is 3.19. The summed E-state index contributed by atoms with van der Waals surface area (Å²) < 4.78 is 4.77. The molecule has 0 N–H and O–H groups in total. The molecule has 2 unspecified atom stereocenters. The molecule has 0 aliphatic carbocycles. The molecule has 0 bridgehead atoms. The highest BCUT2D eigenvalue weighted by Gasteiger charge is 2.47. The van der Waals surface area contributed by atoms with E-state index in [1.807, 2.05) is 19.2 Å². The minimum Gasteiger partial charge on any atom is -0.467 e. The fourth-order valence-electron chi connectivity index (χ4n) is 2.17. The number of nitrogens with zero attached hydrogens (tertiary/aromatic N) is 2. The third kappa shape index (κ3) is 2.16. The summed E-state index contributed by atoms with van der Waals surface area (Å²) in [5.74, 6) is -0.346. The highest BCUT2D eigenvalue weighted by atomic mass is 16.7. The molecule has 5 nitrogen and oxygen atoms in total. The van der Waals surface area contributed by atoms with E-state index in [1.165, 1.54) is 7.11 Å². The standard InChI is InChI=1S/C12H16N2O3/c1-12(11(15)16-3)8-10(14(2)17-12)9-4-6-13-7-5-9/h4-7,10H,8H2,1-3H3. The van der Waals surface area contributed by atoms with Crippen LogP contribution in [0.1, 0.15) is 24.9 Å². The monoisotopic (exact) mass is 236 g/mol. The number of pyridine rings is 1. The molecule has 2 rings (SSSR count). The molecule has 0 aromatic carbocycles. The lowest BCUT2D eigenvalue weighted by Crippen LogP contribution is -2.36. The zero-order chi connectivity index (χ0) is 12.5. The fraction of sp³-hybridized carbons (Fsp3) is 0.500. The van der Waals surface area contributed by atoms with Crippen LogP contribution in [0.4, 0.5) is 0 Å². The number of hydrogen-bond acceptors (Lipinski definition) is 5. The predicted octanol–water partition coefficient (Wildman–Crippen LogP) is 1.32. The van der Waals surface area contributed by atoms with E-state index >= 15 is 0 Å². The highest BCUT2D eigenvalue weighted by Crippen LogP contribution is 2.39. The van der Waals surface area contributed by atoms with Gasteiger partial charge in [-0.15, -0.1) is 0 Å². The Labute approximate surface area is 100 Å². The molecule has 1 aromatic heterocycles. The Morgan fingerprint density at radius 3 is 2.82 bits per heavy atom. The second-order valence-electron chi connectivity index (χ2n) is 4.36. The molecule has 1 aliphatic heterocycles. The fourth-order valence-corrected chi connectivity index (χ4v) is 2.17. The van der Waals surface area contributed by atoms with Gasteiger partial charge in [0.15, 0.2) is 5.60 Å². The molecule has 0 saturated carbocycles. The molecule has 1 aromatic rings. The molecular weight excluding hydrogens is 220 g/mol. The van der Waals surface area contributed by atoms with E-state index in [2.05, 4.69) is 4.98 Å². The molecule has 1 fully saturated rings. The van der Waals surface area contributed by atoms with Crippen LogP contribution in [0.25, 0.3) is 0 Å². The van der Waals surface area contributed by atoms with Gasteiger partial charge in [-0.05, 0) is 24.6 Å². The number of rotatable bonds is 2. The van der Waals surface area contributed by atoms with Gasteiger partial charge in [-0.2, -0.15) is 5.06 Å². The first kappa shape index (κ1) is 12.0. The molecule has 0 amide bonds. The van der Waals surface area contributed by atoms with Gasteiger partial charge in [0.1, 0.15) is 0 Å². The predicted molar refractivity (Wildman–Crippen MR) is 60.9 cm³/mol. The van der Waals surface area contributed by atoms with Gasteiger partial charge in [-0.3, -0.25) is 9.82 Å². The van der Waals surface area contributed by atoms with Crippen molar-refractivity contribution in [1.82, 2.24) is 10.0 Å². The molecule has 1 saturated heterocycles. The summed E-state index contributed by atoms with van der Waals surface area (Å²) >= 11 is 0. The second-order valence-corrected chi connectivity index (χ2v) is 4.36. The minimum atomic E-state index is -0.905. The van der Waals surface area contributed by atoms with Gasteiger partial charge < -0.3 is 4.74 Å². The average Bonchev–Trinajstić information content (AvgIpc) is 2.66. The molecule has 17 heavy (non-hydrogen) atoms. The summed E-state index contributed by atoms with van der Waals surface area (Å²) in [5, 5.41) is 1.70. The molecule has 2 atom stereocenters. The van der Waals surface area contributed by atoms with Crippen molar-refractivity contribution in [2.45, 2.75) is 25.0 Å². The zero-order valence-electron chi connectivity index (χ0n) is 10.2. The van der Waals surface area contributed by atoms with Crippen LogP contribution in [0, 0.1) is 0 Å². The summed E-state index contributed by atoms with van der Waals surface area (Å²) in [5.41, 5.74) is 0.174. The van der Waals surface area contributed by atoms with Crippen LogP contribution >= 0.6 is 0 Å². The lowest BCUT2D eigenvalue weighted by molar-refractivity contribution is -0.205. The van der Waals surface area contributed by atoms with Crippen LogP contribution in [-0.2, 0) is 14.4 Å². The Bertz CT molecular complexity index is 409. The van der Waals surface area contributed by atoms with E-state index in [4.69, 9.17) is 9.57 Å². The van der Waals surface area contributed by atoms with E-state index in [0.717, 1.165) is 5.56 Å². The van der Waals surface area contributed by atoms with Crippen molar-refractivity contribution in [1.29, 1.82) is 0 Å². The number of methoxy groups -OCH3 is 1. The quantitative estimate of drug-likeness (QED) is 0.725. The van der Waals surface area contributed by atoms with Crippen LogP contribution in [0.2, 0.25) is 0 Å². The third-order valence-electron chi connectivity index (χ3n) is 3.08. The Balaban J connectivity index is 2.21. The van der Waals surface area contributed by atoms with Gasteiger partial charge in [-0.1, -0.05) is 0 Å². The number of hydrogen-bond donors (Lipinski definition) is 0. The molecule has 5 heteroatoms. The summed E-state index contributed by atoms with van der Waals surface area (Å²) in [6, 6.07) is 3.89. The maximum Gasteiger partial charge on any atom is 0.340 e. The maximum absolute atomic E-state index is 11.7. The van der Waals surface area contributed by atoms with Gasteiger partial charge in [-0.25, -0.2) is 4.79 Å². The minimum absolute atomic E-state index is 0.0436. The first-order valence-electron chi connectivity index (χ1n) is 5.47. The van der Waals surface area contributed by atoms with Crippen molar-refractivity contribution in [3.8, 4) is 0 Å². The van der Waals surface area contributed by atoms with E-state index in [1.54, 1.807) is 24.4 Å². The largest absolute Gasteiger partial charge is 0.467 e. The first-order chi connectivity index (χ1) is 8.07. The summed E-state index contributed by atoms with van der Waals surface area (Å²) in [6.07, 6.45) is 4.04. The third-order valence-corrected chi connectivity index (χ3v) is 3.08. The zero-order valence-corrected chi connectivity index (χ0v) is 10.2. The Kier molecular flexibility index (Phi) is 3.13. The summed E-state index contributed by atoms with van der Waals surface area (Å²) in [4.78, 5) is 21.3. The number of hydroxylamine groups is 2. The SMILES string of the molecule is COC(=O)C1(C)CC(c2ccncc2)N(C)O1. The van der Waals surface area contributed by atoms with E-state index < -0.39 is 5.60 Å². The van der Waals surface area contributed by atoms with Crippen molar-refractivity contribution < 1.29 is 14.4 Å². The van der Waals surface area contributed by atoms with Crippen molar-refractivity contribution in [3.63, 3.8) is 0 Å². The Morgan fingerprint density at radius 1 is 1.59 bits per heavy atom. The van der Waals surface area contributed by atoms with Crippen LogP contribution in [0.3, 0.4) is 0 Å². The lowest BCUT2D eigenvalue weighted by Gasteiger charge is -2.20. The average molecular weight is 236 g/mol. The molecule has 0 radical (unpaired) electrons. The maximum atomic E-state index is 11.7. The van der Waals surface area contributed by atoms with Crippen molar-refractivity contribution in [2.24, 2.45) is 0 Å². The first-order valence-corrected chi connectivity index (χ1v) is 5.47. The normalized spacial score (nSPS) is 29.2.